The minimum atomic E-state index is -0.908. The minimum Gasteiger partial charge on any atom is -0.481 e. The molecule has 0 unspecified atom stereocenters. The fourth-order valence-electron chi connectivity index (χ4n) is 3.93. The first-order chi connectivity index (χ1) is 12.1. The number of nitrogens with one attached hydrogen (secondary N) is 1. The number of benzene rings is 1. The predicted molar refractivity (Wildman–Crippen MR) is 88.7 cm³/mol. The van der Waals surface area contributed by atoms with Crippen molar-refractivity contribution >= 4 is 22.8 Å². The van der Waals surface area contributed by atoms with Gasteiger partial charge in [0.2, 0.25) is 0 Å². The highest BCUT2D eigenvalue weighted by atomic mass is 16.7. The summed E-state index contributed by atoms with van der Waals surface area (Å²) in [5.41, 5.74) is 3.11. The van der Waals surface area contributed by atoms with Crippen LogP contribution in [0.25, 0.3) is 10.9 Å². The second-order valence-electron chi connectivity index (χ2n) is 6.47. The molecule has 7 nitrogen and oxygen atoms in total. The van der Waals surface area contributed by atoms with Crippen molar-refractivity contribution in [3.8, 4) is 0 Å². The van der Waals surface area contributed by atoms with Crippen molar-refractivity contribution in [3.05, 3.63) is 35.5 Å². The largest absolute Gasteiger partial charge is 0.481 e. The van der Waals surface area contributed by atoms with Crippen LogP contribution in [0.3, 0.4) is 0 Å². The predicted octanol–water partition coefficient (Wildman–Crippen LogP) is 2.18. The number of H-pyrrole nitrogens is 1. The van der Waals surface area contributed by atoms with E-state index in [2.05, 4.69) is 4.98 Å². The number of para-hydroxylation sites is 1. The van der Waals surface area contributed by atoms with Gasteiger partial charge in [0, 0.05) is 23.0 Å². The Bertz CT molecular complexity index is 830. The van der Waals surface area contributed by atoms with E-state index >= 15 is 0 Å². The van der Waals surface area contributed by atoms with E-state index in [-0.39, 0.29) is 18.4 Å². The summed E-state index contributed by atoms with van der Waals surface area (Å²) in [6.07, 6.45) is 0.478. The molecular formula is C18H20N2O5. The molecule has 0 amide bonds. The third-order valence-corrected chi connectivity index (χ3v) is 4.91. The maximum absolute atomic E-state index is 12.5. The molecule has 3 heterocycles. The number of carboxylic acids is 1. The third-order valence-electron chi connectivity index (χ3n) is 4.91. The average molecular weight is 344 g/mol. The number of hydroxylamine groups is 2. The van der Waals surface area contributed by atoms with Crippen LogP contribution in [0, 0.1) is 0 Å². The fourth-order valence-corrected chi connectivity index (χ4v) is 3.93. The van der Waals surface area contributed by atoms with Gasteiger partial charge in [0.15, 0.2) is 0 Å². The summed E-state index contributed by atoms with van der Waals surface area (Å²) >= 11 is 0. The number of esters is 1. The molecule has 1 saturated heterocycles. The molecule has 2 aromatic rings. The zero-order chi connectivity index (χ0) is 17.6. The van der Waals surface area contributed by atoms with Gasteiger partial charge in [-0.2, -0.15) is 5.06 Å². The van der Waals surface area contributed by atoms with Gasteiger partial charge >= 0.3 is 11.9 Å². The van der Waals surface area contributed by atoms with Gasteiger partial charge in [-0.15, -0.1) is 0 Å². The molecule has 2 N–H and O–H groups in total. The van der Waals surface area contributed by atoms with Crippen LogP contribution in [0.1, 0.15) is 37.1 Å². The van der Waals surface area contributed by atoms with Crippen LogP contribution in [-0.2, 0) is 25.6 Å². The average Bonchev–Trinajstić information content (AvgIpc) is 3.14. The molecule has 2 aliphatic heterocycles. The standard InChI is InChI=1S/C18H20N2O5/c1-2-24-18(23)15-9-12-11-5-3-4-6-13(11)19-17(12)14-7-10(8-16(21)22)25-20(14)15/h3-6,10,14-15,19H,2,7-9H2,1H3,(H,21,22)/t10-,14-,15+/m1/s1. The number of carboxylic acid groups (broad SMARTS) is 1. The summed E-state index contributed by atoms with van der Waals surface area (Å²) in [6.45, 7) is 2.07. The highest BCUT2D eigenvalue weighted by molar-refractivity contribution is 5.87. The quantitative estimate of drug-likeness (QED) is 0.826. The van der Waals surface area contributed by atoms with Gasteiger partial charge in [0.05, 0.1) is 25.2 Å². The molecule has 0 bridgehead atoms. The van der Waals surface area contributed by atoms with E-state index in [4.69, 9.17) is 14.7 Å². The Hall–Kier alpha value is -2.38. The Morgan fingerprint density at radius 1 is 1.40 bits per heavy atom. The number of ether oxygens (including phenoxy) is 1. The topological polar surface area (TPSA) is 91.9 Å². The second kappa shape index (κ2) is 6.16. The van der Waals surface area contributed by atoms with Crippen LogP contribution in [0.4, 0.5) is 0 Å². The highest BCUT2D eigenvalue weighted by Gasteiger charge is 2.48. The summed E-state index contributed by atoms with van der Waals surface area (Å²) in [5, 5.41) is 11.8. The van der Waals surface area contributed by atoms with Crippen molar-refractivity contribution in [2.24, 2.45) is 0 Å². The Morgan fingerprint density at radius 3 is 2.96 bits per heavy atom. The molecule has 25 heavy (non-hydrogen) atoms. The van der Waals surface area contributed by atoms with Crippen molar-refractivity contribution in [3.63, 3.8) is 0 Å². The molecule has 132 valence electrons. The summed E-state index contributed by atoms with van der Waals surface area (Å²) < 4.78 is 5.22. The maximum Gasteiger partial charge on any atom is 0.326 e. The molecule has 0 radical (unpaired) electrons. The van der Waals surface area contributed by atoms with Gasteiger partial charge in [-0.1, -0.05) is 18.2 Å². The van der Waals surface area contributed by atoms with E-state index in [1.165, 1.54) is 0 Å². The van der Waals surface area contributed by atoms with E-state index in [9.17, 15) is 9.59 Å². The first-order valence-corrected chi connectivity index (χ1v) is 8.51. The van der Waals surface area contributed by atoms with Crippen LogP contribution in [-0.4, -0.2) is 45.8 Å². The number of carbonyl (C=O) groups excluding carboxylic acids is 1. The minimum absolute atomic E-state index is 0.0852. The lowest BCUT2D eigenvalue weighted by Crippen LogP contribution is -2.46. The Balaban J connectivity index is 1.75. The van der Waals surface area contributed by atoms with E-state index in [0.29, 0.717) is 19.4 Å². The monoisotopic (exact) mass is 344 g/mol. The normalized spacial score (nSPS) is 25.6. The third kappa shape index (κ3) is 2.69. The van der Waals surface area contributed by atoms with Crippen LogP contribution in [0.15, 0.2) is 24.3 Å². The van der Waals surface area contributed by atoms with Crippen molar-refractivity contribution in [2.45, 2.75) is 44.4 Å². The molecule has 7 heteroatoms. The molecule has 3 atom stereocenters. The van der Waals surface area contributed by atoms with Crippen LogP contribution < -0.4 is 0 Å². The lowest BCUT2D eigenvalue weighted by molar-refractivity contribution is -0.209. The van der Waals surface area contributed by atoms with E-state index in [0.717, 1.165) is 22.2 Å². The van der Waals surface area contributed by atoms with Crippen molar-refractivity contribution in [1.82, 2.24) is 10.0 Å². The molecule has 2 aliphatic rings. The zero-order valence-corrected chi connectivity index (χ0v) is 13.9. The van der Waals surface area contributed by atoms with Gasteiger partial charge in [-0.05, 0) is 25.0 Å². The first-order valence-electron chi connectivity index (χ1n) is 8.51. The van der Waals surface area contributed by atoms with Crippen LogP contribution >= 0.6 is 0 Å². The molecule has 0 saturated carbocycles. The van der Waals surface area contributed by atoms with Crippen molar-refractivity contribution in [2.75, 3.05) is 6.61 Å². The number of nitrogens with zero attached hydrogens (tertiary/aromatic N) is 1. The number of hydrogen-bond acceptors (Lipinski definition) is 5. The Labute approximate surface area is 144 Å². The highest BCUT2D eigenvalue weighted by Crippen LogP contribution is 2.44. The summed E-state index contributed by atoms with van der Waals surface area (Å²) in [6, 6.07) is 7.24. The lowest BCUT2D eigenvalue weighted by atomic mass is 9.91. The van der Waals surface area contributed by atoms with E-state index in [1.54, 1.807) is 12.0 Å². The summed E-state index contributed by atoms with van der Waals surface area (Å²) in [7, 11) is 0. The lowest BCUT2D eigenvalue weighted by Gasteiger charge is -2.34. The zero-order valence-electron chi connectivity index (χ0n) is 13.9. The van der Waals surface area contributed by atoms with Gasteiger partial charge in [-0.3, -0.25) is 14.4 Å². The molecule has 1 aromatic carbocycles. The van der Waals surface area contributed by atoms with Gasteiger partial charge in [-0.25, -0.2) is 0 Å². The molecule has 1 fully saturated rings. The summed E-state index contributed by atoms with van der Waals surface area (Å²) in [4.78, 5) is 32.8. The van der Waals surface area contributed by atoms with Gasteiger partial charge < -0.3 is 14.8 Å². The Morgan fingerprint density at radius 2 is 2.20 bits per heavy atom. The molecule has 0 spiro atoms. The fraction of sp³-hybridized carbons (Fsp3) is 0.444. The number of carbonyl (C=O) groups is 2. The van der Waals surface area contributed by atoms with Crippen LogP contribution in [0.5, 0.6) is 0 Å². The maximum atomic E-state index is 12.5. The van der Waals surface area contributed by atoms with E-state index < -0.39 is 18.1 Å². The molecule has 0 aliphatic carbocycles. The number of aromatic nitrogens is 1. The first kappa shape index (κ1) is 16.1. The molecule has 4 rings (SSSR count). The smallest absolute Gasteiger partial charge is 0.326 e. The number of hydrogen-bond donors (Lipinski definition) is 2. The number of aromatic amines is 1. The van der Waals surface area contributed by atoms with E-state index in [1.807, 2.05) is 24.3 Å². The van der Waals surface area contributed by atoms with Crippen molar-refractivity contribution in [1.29, 1.82) is 0 Å². The molecule has 1 aromatic heterocycles. The number of rotatable bonds is 4. The second-order valence-corrected chi connectivity index (χ2v) is 6.47. The van der Waals surface area contributed by atoms with Crippen LogP contribution in [0.2, 0.25) is 0 Å². The SMILES string of the molecule is CCOC(=O)[C@@H]1Cc2c([nH]c3ccccc23)[C@H]2C[C@H](CC(=O)O)ON21. The number of fused-ring (bicyclic) bond motifs is 5. The molecular weight excluding hydrogens is 324 g/mol. The van der Waals surface area contributed by atoms with Gasteiger partial charge in [0.1, 0.15) is 6.04 Å². The van der Waals surface area contributed by atoms with Crippen molar-refractivity contribution < 1.29 is 24.3 Å². The van der Waals surface area contributed by atoms with Gasteiger partial charge in [0.25, 0.3) is 0 Å². The summed E-state index contributed by atoms with van der Waals surface area (Å²) in [5.74, 6) is -1.24. The Kier molecular flexibility index (Phi) is 3.97. The number of aliphatic carboxylic acids is 1.